The van der Waals surface area contributed by atoms with Crippen LogP contribution in [0.5, 0.6) is 0 Å². The molecule has 1 saturated heterocycles. The van der Waals surface area contributed by atoms with Gasteiger partial charge in [0.05, 0.1) is 0 Å². The first-order chi connectivity index (χ1) is 10.8. The summed E-state index contributed by atoms with van der Waals surface area (Å²) in [5.74, 6) is -0.376. The lowest BCUT2D eigenvalue weighted by Gasteiger charge is -2.22. The van der Waals surface area contributed by atoms with Crippen molar-refractivity contribution in [3.8, 4) is 0 Å². The van der Waals surface area contributed by atoms with E-state index >= 15 is 0 Å². The van der Waals surface area contributed by atoms with E-state index in [0.29, 0.717) is 5.56 Å². The minimum Gasteiger partial charge on any atom is -0.366 e. The largest absolute Gasteiger partial charge is 0.366 e. The maximum Gasteiger partial charge on any atom is 0.249 e. The molecule has 1 fully saturated rings. The van der Waals surface area contributed by atoms with Crippen molar-refractivity contribution in [1.29, 1.82) is 0 Å². The third-order valence-electron chi connectivity index (χ3n) is 4.08. The highest BCUT2D eigenvalue weighted by molar-refractivity contribution is 6.00. The van der Waals surface area contributed by atoms with Crippen molar-refractivity contribution >= 4 is 11.5 Å². The van der Waals surface area contributed by atoms with E-state index in [1.807, 2.05) is 42.5 Å². The molecule has 3 nitrogen and oxygen atoms in total. The number of rotatable bonds is 3. The molecule has 1 amide bonds. The first-order valence-electron chi connectivity index (χ1n) is 7.65. The number of amides is 1. The summed E-state index contributed by atoms with van der Waals surface area (Å²) in [5.41, 5.74) is 10.8. The fourth-order valence-corrected chi connectivity index (χ4v) is 3.05. The molecule has 2 aromatic rings. The lowest BCUT2D eigenvalue weighted by atomic mass is 9.86. The SMILES string of the molecule is NC(=O)c1ccccc1C(=C1CCNCC1)c1ccccc1. The zero-order valence-electron chi connectivity index (χ0n) is 12.5. The zero-order chi connectivity index (χ0) is 15.4. The molecule has 0 unspecified atom stereocenters. The van der Waals surface area contributed by atoms with Crippen molar-refractivity contribution in [3.05, 3.63) is 76.9 Å². The molecule has 1 aliphatic rings. The molecule has 0 spiro atoms. The standard InChI is InChI=1S/C19H20N2O/c20-19(22)17-9-5-4-8-16(17)18(14-6-2-1-3-7-14)15-10-12-21-13-11-15/h1-9,21H,10-13H2,(H2,20,22). The van der Waals surface area contributed by atoms with E-state index in [4.69, 9.17) is 5.73 Å². The molecule has 3 N–H and O–H groups in total. The number of carbonyl (C=O) groups excluding carboxylic acids is 1. The van der Waals surface area contributed by atoms with Gasteiger partial charge in [-0.05, 0) is 48.7 Å². The van der Waals surface area contributed by atoms with Crippen molar-refractivity contribution < 1.29 is 4.79 Å². The van der Waals surface area contributed by atoms with Crippen LogP contribution in [0.3, 0.4) is 0 Å². The average Bonchev–Trinajstić information content (AvgIpc) is 2.57. The highest BCUT2D eigenvalue weighted by Crippen LogP contribution is 2.32. The minimum absolute atomic E-state index is 0.376. The molecule has 2 aromatic carbocycles. The van der Waals surface area contributed by atoms with Gasteiger partial charge in [0.25, 0.3) is 0 Å². The van der Waals surface area contributed by atoms with Gasteiger partial charge in [-0.25, -0.2) is 0 Å². The van der Waals surface area contributed by atoms with Crippen LogP contribution >= 0.6 is 0 Å². The molecule has 0 atom stereocenters. The molecule has 3 rings (SSSR count). The average molecular weight is 292 g/mol. The van der Waals surface area contributed by atoms with E-state index in [-0.39, 0.29) is 5.91 Å². The molecular formula is C19H20N2O. The van der Waals surface area contributed by atoms with Crippen LogP contribution < -0.4 is 11.1 Å². The van der Waals surface area contributed by atoms with Crippen LogP contribution in [0.25, 0.3) is 5.57 Å². The highest BCUT2D eigenvalue weighted by Gasteiger charge is 2.18. The second-order valence-corrected chi connectivity index (χ2v) is 5.50. The highest BCUT2D eigenvalue weighted by atomic mass is 16.1. The van der Waals surface area contributed by atoms with Crippen LogP contribution in [-0.4, -0.2) is 19.0 Å². The van der Waals surface area contributed by atoms with E-state index < -0.39 is 0 Å². The normalized spacial score (nSPS) is 14.6. The summed E-state index contributed by atoms with van der Waals surface area (Å²) >= 11 is 0. The monoisotopic (exact) mass is 292 g/mol. The van der Waals surface area contributed by atoms with Crippen molar-refractivity contribution in [1.82, 2.24) is 5.32 Å². The second-order valence-electron chi connectivity index (χ2n) is 5.50. The van der Waals surface area contributed by atoms with Gasteiger partial charge in [0.1, 0.15) is 0 Å². The number of hydrogen-bond donors (Lipinski definition) is 2. The quantitative estimate of drug-likeness (QED) is 0.914. The molecule has 1 heterocycles. The van der Waals surface area contributed by atoms with E-state index in [1.165, 1.54) is 5.57 Å². The number of hydrogen-bond acceptors (Lipinski definition) is 2. The molecule has 0 bridgehead atoms. The van der Waals surface area contributed by atoms with Crippen LogP contribution in [-0.2, 0) is 0 Å². The van der Waals surface area contributed by atoms with Gasteiger partial charge in [0, 0.05) is 5.56 Å². The summed E-state index contributed by atoms with van der Waals surface area (Å²) in [6.45, 7) is 1.95. The Morgan fingerprint density at radius 3 is 2.09 bits per heavy atom. The van der Waals surface area contributed by atoms with E-state index in [1.54, 1.807) is 0 Å². The summed E-state index contributed by atoms with van der Waals surface area (Å²) in [5, 5.41) is 3.38. The van der Waals surface area contributed by atoms with Crippen molar-refractivity contribution in [3.63, 3.8) is 0 Å². The Bertz CT molecular complexity index is 696. The van der Waals surface area contributed by atoms with Crippen LogP contribution in [0.1, 0.15) is 34.3 Å². The number of nitrogens with one attached hydrogen (secondary N) is 1. The Balaban J connectivity index is 2.21. The van der Waals surface area contributed by atoms with Gasteiger partial charge in [-0.1, -0.05) is 54.1 Å². The van der Waals surface area contributed by atoms with Crippen LogP contribution in [0, 0.1) is 0 Å². The summed E-state index contributed by atoms with van der Waals surface area (Å²) < 4.78 is 0. The molecular weight excluding hydrogens is 272 g/mol. The maximum atomic E-state index is 11.8. The first kappa shape index (κ1) is 14.5. The lowest BCUT2D eigenvalue weighted by molar-refractivity contribution is 0.1000. The molecule has 3 heteroatoms. The Kier molecular flexibility index (Phi) is 4.35. The molecule has 1 aliphatic heterocycles. The fraction of sp³-hybridized carbons (Fsp3) is 0.211. The molecule has 0 radical (unpaired) electrons. The van der Waals surface area contributed by atoms with Gasteiger partial charge >= 0.3 is 0 Å². The molecule has 22 heavy (non-hydrogen) atoms. The van der Waals surface area contributed by atoms with Gasteiger partial charge in [-0.15, -0.1) is 0 Å². The Hall–Kier alpha value is -2.39. The van der Waals surface area contributed by atoms with E-state index in [0.717, 1.165) is 42.6 Å². The summed E-state index contributed by atoms with van der Waals surface area (Å²) in [4.78, 5) is 11.8. The van der Waals surface area contributed by atoms with Gasteiger partial charge in [-0.2, -0.15) is 0 Å². The maximum absolute atomic E-state index is 11.8. The molecule has 0 saturated carbocycles. The molecule has 0 aromatic heterocycles. The first-order valence-corrected chi connectivity index (χ1v) is 7.65. The van der Waals surface area contributed by atoms with E-state index in [2.05, 4.69) is 17.4 Å². The number of benzene rings is 2. The topological polar surface area (TPSA) is 55.1 Å². The van der Waals surface area contributed by atoms with Crippen LogP contribution in [0.4, 0.5) is 0 Å². The van der Waals surface area contributed by atoms with Gasteiger partial charge < -0.3 is 11.1 Å². The van der Waals surface area contributed by atoms with Crippen molar-refractivity contribution in [2.45, 2.75) is 12.8 Å². The fourth-order valence-electron chi connectivity index (χ4n) is 3.05. The predicted molar refractivity (Wildman–Crippen MR) is 89.5 cm³/mol. The van der Waals surface area contributed by atoms with Gasteiger partial charge in [0.15, 0.2) is 0 Å². The van der Waals surface area contributed by atoms with Gasteiger partial charge in [-0.3, -0.25) is 4.79 Å². The Morgan fingerprint density at radius 1 is 0.864 bits per heavy atom. The van der Waals surface area contributed by atoms with Crippen LogP contribution in [0.2, 0.25) is 0 Å². The smallest absolute Gasteiger partial charge is 0.249 e. The number of piperidine rings is 1. The third-order valence-corrected chi connectivity index (χ3v) is 4.08. The van der Waals surface area contributed by atoms with Crippen LogP contribution in [0.15, 0.2) is 60.2 Å². The van der Waals surface area contributed by atoms with E-state index in [9.17, 15) is 4.79 Å². The molecule has 0 aliphatic carbocycles. The number of primary amides is 1. The zero-order valence-corrected chi connectivity index (χ0v) is 12.5. The van der Waals surface area contributed by atoms with Crippen molar-refractivity contribution in [2.75, 3.05) is 13.1 Å². The third kappa shape index (κ3) is 2.95. The molecule has 112 valence electrons. The number of nitrogens with two attached hydrogens (primary N) is 1. The predicted octanol–water partition coefficient (Wildman–Crippen LogP) is 2.97. The summed E-state index contributed by atoms with van der Waals surface area (Å²) in [6, 6.07) is 17.9. The van der Waals surface area contributed by atoms with Crippen molar-refractivity contribution in [2.24, 2.45) is 5.73 Å². The Morgan fingerprint density at radius 2 is 1.45 bits per heavy atom. The van der Waals surface area contributed by atoms with Gasteiger partial charge in [0.2, 0.25) is 5.91 Å². The number of carbonyl (C=O) groups is 1. The summed E-state index contributed by atoms with van der Waals surface area (Å²) in [7, 11) is 0. The Labute approximate surface area is 130 Å². The second kappa shape index (κ2) is 6.58. The summed E-state index contributed by atoms with van der Waals surface area (Å²) in [6.07, 6.45) is 1.99. The minimum atomic E-state index is -0.376. The lowest BCUT2D eigenvalue weighted by Crippen LogP contribution is -2.24.